The van der Waals surface area contributed by atoms with E-state index in [-0.39, 0.29) is 0 Å². The van der Waals surface area contributed by atoms with Gasteiger partial charge in [-0.1, -0.05) is 41.9 Å². The van der Waals surface area contributed by atoms with Crippen LogP contribution in [0.1, 0.15) is 5.56 Å². The quantitative estimate of drug-likeness (QED) is 0.708. The van der Waals surface area contributed by atoms with Gasteiger partial charge in [0.1, 0.15) is 0 Å². The number of aryl methyl sites for hydroxylation is 1. The smallest absolute Gasteiger partial charge is 0.0745 e. The Kier molecular flexibility index (Phi) is 2.88. The Morgan fingerprint density at radius 1 is 1.05 bits per heavy atom. The monoisotopic (exact) mass is 268 g/mol. The van der Waals surface area contributed by atoms with Crippen molar-refractivity contribution in [2.24, 2.45) is 0 Å². The standard InChI is InChI=1S/C16H13ClN2/c1-10-7-12-14(18)9-15(11-5-3-2-4-6-11)19-16(12)8-13(10)17/h2-9H,1H3,(H2,18,19). The molecule has 0 spiro atoms. The predicted octanol–water partition coefficient (Wildman–Crippen LogP) is 4.45. The van der Waals surface area contributed by atoms with Crippen molar-refractivity contribution in [3.8, 4) is 11.3 Å². The fourth-order valence-electron chi connectivity index (χ4n) is 2.14. The number of nitrogen functional groups attached to an aromatic ring is 1. The number of anilines is 1. The van der Waals surface area contributed by atoms with Crippen molar-refractivity contribution in [1.29, 1.82) is 0 Å². The average molecular weight is 269 g/mol. The first-order valence-electron chi connectivity index (χ1n) is 6.07. The van der Waals surface area contributed by atoms with Crippen LogP contribution in [0.2, 0.25) is 5.02 Å². The lowest BCUT2D eigenvalue weighted by Gasteiger charge is -2.08. The number of fused-ring (bicyclic) bond motifs is 1. The van der Waals surface area contributed by atoms with Gasteiger partial charge in [0.05, 0.1) is 11.2 Å². The number of nitrogens with zero attached hydrogens (tertiary/aromatic N) is 1. The van der Waals surface area contributed by atoms with E-state index in [1.54, 1.807) is 0 Å². The number of nitrogens with two attached hydrogens (primary N) is 1. The highest BCUT2D eigenvalue weighted by molar-refractivity contribution is 6.32. The van der Waals surface area contributed by atoms with Gasteiger partial charge in [0.25, 0.3) is 0 Å². The van der Waals surface area contributed by atoms with E-state index in [0.717, 1.165) is 33.4 Å². The zero-order chi connectivity index (χ0) is 13.4. The van der Waals surface area contributed by atoms with Gasteiger partial charge in [-0.3, -0.25) is 0 Å². The van der Waals surface area contributed by atoms with Gasteiger partial charge in [-0.2, -0.15) is 0 Å². The molecule has 1 heterocycles. The van der Waals surface area contributed by atoms with Crippen LogP contribution >= 0.6 is 11.6 Å². The number of halogens is 1. The molecule has 19 heavy (non-hydrogen) atoms. The van der Waals surface area contributed by atoms with Crippen molar-refractivity contribution in [3.05, 3.63) is 59.1 Å². The first kappa shape index (κ1) is 12.0. The molecule has 2 aromatic carbocycles. The molecule has 2 N–H and O–H groups in total. The molecule has 3 heteroatoms. The lowest BCUT2D eigenvalue weighted by atomic mass is 10.1. The van der Waals surface area contributed by atoms with Gasteiger partial charge in [-0.15, -0.1) is 0 Å². The number of rotatable bonds is 1. The van der Waals surface area contributed by atoms with Gasteiger partial charge >= 0.3 is 0 Å². The Morgan fingerprint density at radius 2 is 1.79 bits per heavy atom. The molecular formula is C16H13ClN2. The van der Waals surface area contributed by atoms with Crippen LogP contribution in [0.4, 0.5) is 5.69 Å². The van der Waals surface area contributed by atoms with Crippen molar-refractivity contribution in [2.45, 2.75) is 6.92 Å². The van der Waals surface area contributed by atoms with Crippen molar-refractivity contribution >= 4 is 28.2 Å². The molecule has 0 aliphatic rings. The highest BCUT2D eigenvalue weighted by atomic mass is 35.5. The van der Waals surface area contributed by atoms with E-state index in [1.807, 2.05) is 55.5 Å². The largest absolute Gasteiger partial charge is 0.398 e. The third-order valence-electron chi connectivity index (χ3n) is 3.19. The van der Waals surface area contributed by atoms with Crippen molar-refractivity contribution in [2.75, 3.05) is 5.73 Å². The number of hydrogen-bond donors (Lipinski definition) is 1. The van der Waals surface area contributed by atoms with Crippen molar-refractivity contribution < 1.29 is 0 Å². The van der Waals surface area contributed by atoms with Gasteiger partial charge < -0.3 is 5.73 Å². The Balaban J connectivity index is 2.28. The molecule has 0 atom stereocenters. The summed E-state index contributed by atoms with van der Waals surface area (Å²) >= 11 is 6.16. The summed E-state index contributed by atoms with van der Waals surface area (Å²) in [5, 5.41) is 1.66. The second kappa shape index (κ2) is 4.56. The first-order chi connectivity index (χ1) is 9.15. The number of benzene rings is 2. The Labute approximate surface area is 116 Å². The summed E-state index contributed by atoms with van der Waals surface area (Å²) in [7, 11) is 0. The summed E-state index contributed by atoms with van der Waals surface area (Å²) in [5.74, 6) is 0. The minimum atomic E-state index is 0.713. The van der Waals surface area contributed by atoms with Crippen LogP contribution in [-0.4, -0.2) is 4.98 Å². The average Bonchev–Trinajstić information content (AvgIpc) is 2.42. The second-order valence-electron chi connectivity index (χ2n) is 4.58. The van der Waals surface area contributed by atoms with Gasteiger partial charge in [0.15, 0.2) is 0 Å². The highest BCUT2D eigenvalue weighted by Gasteiger charge is 2.07. The Morgan fingerprint density at radius 3 is 2.53 bits per heavy atom. The van der Waals surface area contributed by atoms with Gasteiger partial charge in [0, 0.05) is 21.7 Å². The molecule has 2 nitrogen and oxygen atoms in total. The molecular weight excluding hydrogens is 256 g/mol. The summed E-state index contributed by atoms with van der Waals surface area (Å²) in [5.41, 5.74) is 10.6. The van der Waals surface area contributed by atoms with Crippen LogP contribution in [0.25, 0.3) is 22.2 Å². The number of aromatic nitrogens is 1. The maximum Gasteiger partial charge on any atom is 0.0745 e. The van der Waals surface area contributed by atoms with E-state index in [9.17, 15) is 0 Å². The van der Waals surface area contributed by atoms with E-state index in [0.29, 0.717) is 5.02 Å². The molecule has 1 aromatic heterocycles. The topological polar surface area (TPSA) is 38.9 Å². The lowest BCUT2D eigenvalue weighted by molar-refractivity contribution is 1.38. The third kappa shape index (κ3) is 2.15. The maximum atomic E-state index is 6.16. The molecule has 0 unspecified atom stereocenters. The molecule has 0 radical (unpaired) electrons. The van der Waals surface area contributed by atoms with E-state index < -0.39 is 0 Å². The normalized spacial score (nSPS) is 10.8. The molecule has 0 saturated heterocycles. The first-order valence-corrected chi connectivity index (χ1v) is 6.45. The summed E-state index contributed by atoms with van der Waals surface area (Å²) in [6.45, 7) is 1.96. The predicted molar refractivity (Wildman–Crippen MR) is 81.3 cm³/mol. The molecule has 0 amide bonds. The van der Waals surface area contributed by atoms with E-state index in [1.165, 1.54) is 0 Å². The van der Waals surface area contributed by atoms with Gasteiger partial charge in [-0.25, -0.2) is 4.98 Å². The van der Waals surface area contributed by atoms with Crippen molar-refractivity contribution in [3.63, 3.8) is 0 Å². The third-order valence-corrected chi connectivity index (χ3v) is 3.60. The van der Waals surface area contributed by atoms with Crippen LogP contribution in [0.5, 0.6) is 0 Å². The minimum absolute atomic E-state index is 0.713. The number of pyridine rings is 1. The summed E-state index contributed by atoms with van der Waals surface area (Å²) in [6, 6.07) is 15.7. The lowest BCUT2D eigenvalue weighted by Crippen LogP contribution is -1.93. The SMILES string of the molecule is Cc1cc2c(N)cc(-c3ccccc3)nc2cc1Cl. The van der Waals surface area contributed by atoms with E-state index in [2.05, 4.69) is 4.98 Å². The fourth-order valence-corrected chi connectivity index (χ4v) is 2.30. The molecule has 3 aromatic rings. The van der Waals surface area contributed by atoms with Crippen molar-refractivity contribution in [1.82, 2.24) is 4.98 Å². The molecule has 0 bridgehead atoms. The fraction of sp³-hybridized carbons (Fsp3) is 0.0625. The van der Waals surface area contributed by atoms with E-state index >= 15 is 0 Å². The molecule has 0 saturated carbocycles. The van der Waals surface area contributed by atoms with Crippen LogP contribution in [-0.2, 0) is 0 Å². The molecule has 94 valence electrons. The summed E-state index contributed by atoms with van der Waals surface area (Å²) in [4.78, 5) is 4.64. The second-order valence-corrected chi connectivity index (χ2v) is 4.99. The van der Waals surface area contributed by atoms with Crippen LogP contribution in [0, 0.1) is 6.92 Å². The van der Waals surface area contributed by atoms with Gasteiger partial charge in [-0.05, 0) is 30.7 Å². The summed E-state index contributed by atoms with van der Waals surface area (Å²) in [6.07, 6.45) is 0. The highest BCUT2D eigenvalue weighted by Crippen LogP contribution is 2.29. The van der Waals surface area contributed by atoms with Crippen LogP contribution in [0.15, 0.2) is 48.5 Å². The zero-order valence-electron chi connectivity index (χ0n) is 10.5. The minimum Gasteiger partial charge on any atom is -0.398 e. The Hall–Kier alpha value is -2.06. The molecule has 0 aliphatic carbocycles. The zero-order valence-corrected chi connectivity index (χ0v) is 11.3. The molecule has 0 fully saturated rings. The molecule has 3 rings (SSSR count). The maximum absolute atomic E-state index is 6.16. The Bertz CT molecular complexity index is 752. The van der Waals surface area contributed by atoms with Gasteiger partial charge in [0.2, 0.25) is 0 Å². The van der Waals surface area contributed by atoms with E-state index in [4.69, 9.17) is 17.3 Å². The summed E-state index contributed by atoms with van der Waals surface area (Å²) < 4.78 is 0. The van der Waals surface area contributed by atoms with Crippen LogP contribution < -0.4 is 5.73 Å². The molecule has 0 aliphatic heterocycles. The van der Waals surface area contributed by atoms with Crippen LogP contribution in [0.3, 0.4) is 0 Å². The number of hydrogen-bond acceptors (Lipinski definition) is 2.